The van der Waals surface area contributed by atoms with E-state index < -0.39 is 34.8 Å². The largest absolute Gasteiger partial charge is 0.367 e. The highest BCUT2D eigenvalue weighted by Crippen LogP contribution is 2.33. The van der Waals surface area contributed by atoms with Gasteiger partial charge in [-0.15, -0.1) is 0 Å². The number of hydrogen-bond acceptors (Lipinski definition) is 4. The lowest BCUT2D eigenvalue weighted by atomic mass is 10.2. The van der Waals surface area contributed by atoms with Gasteiger partial charge in [-0.1, -0.05) is 24.9 Å². The van der Waals surface area contributed by atoms with Gasteiger partial charge in [0.25, 0.3) is 0 Å². The molecule has 1 saturated heterocycles. The summed E-state index contributed by atoms with van der Waals surface area (Å²) in [5.41, 5.74) is 0.243. The summed E-state index contributed by atoms with van der Waals surface area (Å²) >= 11 is 11.5. The van der Waals surface area contributed by atoms with Crippen molar-refractivity contribution in [2.45, 2.75) is 26.2 Å². The van der Waals surface area contributed by atoms with E-state index in [1.165, 1.54) is 0 Å². The first-order chi connectivity index (χ1) is 16.1. The van der Waals surface area contributed by atoms with Crippen LogP contribution in [0.5, 0.6) is 0 Å². The number of piperazine rings is 1. The normalized spacial score (nSPS) is 13.7. The molecule has 2 aromatic rings. The Balaban J connectivity index is 1.64. The third kappa shape index (κ3) is 5.69. The smallest absolute Gasteiger partial charge is 0.226 e. The van der Waals surface area contributed by atoms with Crippen LogP contribution in [0.25, 0.3) is 0 Å². The number of unbranched alkanes of at least 4 members (excludes halogenated alkanes) is 1. The number of amides is 1. The molecule has 0 saturated carbocycles. The van der Waals surface area contributed by atoms with Gasteiger partial charge in [-0.3, -0.25) is 4.79 Å². The van der Waals surface area contributed by atoms with E-state index in [4.69, 9.17) is 23.8 Å². The fraction of sp³-hybridized carbons (Fsp3) is 0.364. The Bertz CT molecular complexity index is 1070. The van der Waals surface area contributed by atoms with Crippen molar-refractivity contribution in [3.8, 4) is 0 Å². The molecule has 0 atom stereocenters. The zero-order valence-electron chi connectivity index (χ0n) is 18.2. The number of benzene rings is 2. The Morgan fingerprint density at radius 1 is 0.971 bits per heavy atom. The third-order valence-electron chi connectivity index (χ3n) is 5.34. The van der Waals surface area contributed by atoms with Gasteiger partial charge in [0, 0.05) is 38.3 Å². The van der Waals surface area contributed by atoms with E-state index in [1.54, 1.807) is 18.2 Å². The lowest BCUT2D eigenvalue weighted by Gasteiger charge is -2.38. The molecule has 184 valence electrons. The first-order valence-electron chi connectivity index (χ1n) is 10.6. The summed E-state index contributed by atoms with van der Waals surface area (Å²) in [7, 11) is 0. The summed E-state index contributed by atoms with van der Waals surface area (Å²) in [6, 6.07) is 5.01. The van der Waals surface area contributed by atoms with Gasteiger partial charge in [0.2, 0.25) is 11.7 Å². The molecule has 1 amide bonds. The van der Waals surface area contributed by atoms with Gasteiger partial charge in [-0.25, -0.2) is 22.0 Å². The molecule has 3 rings (SSSR count). The average Bonchev–Trinajstić information content (AvgIpc) is 2.81. The minimum Gasteiger partial charge on any atom is -0.367 e. The van der Waals surface area contributed by atoms with Crippen molar-refractivity contribution >= 4 is 51.9 Å². The summed E-state index contributed by atoms with van der Waals surface area (Å²) in [5, 5.41) is 5.96. The molecule has 1 heterocycles. The van der Waals surface area contributed by atoms with Crippen LogP contribution in [-0.4, -0.2) is 37.2 Å². The number of anilines is 3. The monoisotopic (exact) mass is 520 g/mol. The zero-order valence-corrected chi connectivity index (χ0v) is 19.7. The third-order valence-corrected chi connectivity index (χ3v) is 5.85. The van der Waals surface area contributed by atoms with Crippen LogP contribution in [0.3, 0.4) is 0 Å². The van der Waals surface area contributed by atoms with Crippen LogP contribution in [0.1, 0.15) is 26.2 Å². The van der Waals surface area contributed by atoms with Gasteiger partial charge in [0.15, 0.2) is 28.4 Å². The van der Waals surface area contributed by atoms with Gasteiger partial charge < -0.3 is 20.4 Å². The predicted octanol–water partition coefficient (Wildman–Crippen LogP) is 5.37. The van der Waals surface area contributed by atoms with Crippen molar-refractivity contribution in [1.29, 1.82) is 0 Å². The standard InChI is InChI=1S/C22H22ClF5N4OS/c1-2-3-4-15(33)30-22(34)29-12-5-6-14(13(23)11-12)31-7-9-32(10-8-31)21-19(27)17(25)16(24)18(26)20(21)28/h5-6,11H,2-4,7-10H2,1H3,(H2,29,30,33,34). The molecule has 12 heteroatoms. The summed E-state index contributed by atoms with van der Waals surface area (Å²) in [6.45, 7) is 2.48. The van der Waals surface area contributed by atoms with E-state index in [0.29, 0.717) is 22.8 Å². The molecule has 0 spiro atoms. The Labute approximate surface area is 203 Å². The molecular weight excluding hydrogens is 499 g/mol. The molecule has 0 radical (unpaired) electrons. The minimum absolute atomic E-state index is 0.0164. The van der Waals surface area contributed by atoms with Crippen LogP contribution >= 0.6 is 23.8 Å². The highest BCUT2D eigenvalue weighted by Gasteiger charge is 2.31. The molecule has 34 heavy (non-hydrogen) atoms. The molecular formula is C22H22ClF5N4OS. The maximum Gasteiger partial charge on any atom is 0.226 e. The highest BCUT2D eigenvalue weighted by atomic mass is 35.5. The molecule has 0 aliphatic carbocycles. The SMILES string of the molecule is CCCCC(=O)NC(=S)Nc1ccc(N2CCN(c3c(F)c(F)c(F)c(F)c3F)CC2)c(Cl)c1. The van der Waals surface area contributed by atoms with Gasteiger partial charge >= 0.3 is 0 Å². The van der Waals surface area contributed by atoms with Crippen LogP contribution < -0.4 is 20.4 Å². The van der Waals surface area contributed by atoms with Crippen molar-refractivity contribution in [1.82, 2.24) is 5.32 Å². The van der Waals surface area contributed by atoms with Crippen LogP contribution in [0.2, 0.25) is 5.02 Å². The Hall–Kier alpha value is -2.66. The topological polar surface area (TPSA) is 47.6 Å². The van der Waals surface area contributed by atoms with Gasteiger partial charge in [-0.2, -0.15) is 0 Å². The second-order valence-electron chi connectivity index (χ2n) is 7.66. The Kier molecular flexibility index (Phi) is 8.53. The quantitative estimate of drug-likeness (QED) is 0.232. The van der Waals surface area contributed by atoms with Gasteiger partial charge in [0.1, 0.15) is 5.69 Å². The molecule has 2 aromatic carbocycles. The van der Waals surface area contributed by atoms with Crippen molar-refractivity contribution in [3.63, 3.8) is 0 Å². The fourth-order valence-corrected chi connectivity index (χ4v) is 4.10. The Morgan fingerprint density at radius 3 is 2.09 bits per heavy atom. The van der Waals surface area contributed by atoms with Crippen LogP contribution in [0.4, 0.5) is 39.0 Å². The number of carbonyl (C=O) groups excluding carboxylic acids is 1. The Morgan fingerprint density at radius 2 is 1.53 bits per heavy atom. The molecule has 1 fully saturated rings. The number of nitrogens with zero attached hydrogens (tertiary/aromatic N) is 2. The molecule has 1 aliphatic rings. The van der Waals surface area contributed by atoms with E-state index in [2.05, 4.69) is 10.6 Å². The predicted molar refractivity (Wildman–Crippen MR) is 126 cm³/mol. The molecule has 1 aliphatic heterocycles. The number of carbonyl (C=O) groups is 1. The number of thiocarbonyl (C=S) groups is 1. The second kappa shape index (κ2) is 11.2. The second-order valence-corrected chi connectivity index (χ2v) is 8.48. The first kappa shape index (κ1) is 26.0. The van der Waals surface area contributed by atoms with E-state index in [-0.39, 0.29) is 37.2 Å². The number of rotatable bonds is 6. The van der Waals surface area contributed by atoms with Gasteiger partial charge in [0.05, 0.1) is 10.7 Å². The van der Waals surface area contributed by atoms with Crippen molar-refractivity contribution in [3.05, 3.63) is 52.3 Å². The highest BCUT2D eigenvalue weighted by molar-refractivity contribution is 7.80. The van der Waals surface area contributed by atoms with Crippen molar-refractivity contribution in [2.24, 2.45) is 0 Å². The van der Waals surface area contributed by atoms with E-state index in [0.717, 1.165) is 17.7 Å². The van der Waals surface area contributed by atoms with E-state index in [9.17, 15) is 26.7 Å². The minimum atomic E-state index is -2.18. The maximum atomic E-state index is 14.1. The summed E-state index contributed by atoms with van der Waals surface area (Å²) < 4.78 is 68.7. The lowest BCUT2D eigenvalue weighted by molar-refractivity contribution is -0.119. The van der Waals surface area contributed by atoms with E-state index >= 15 is 0 Å². The van der Waals surface area contributed by atoms with Crippen LogP contribution in [0.15, 0.2) is 18.2 Å². The van der Waals surface area contributed by atoms with Crippen molar-refractivity contribution < 1.29 is 26.7 Å². The first-order valence-corrected chi connectivity index (χ1v) is 11.3. The summed E-state index contributed by atoms with van der Waals surface area (Å²) in [4.78, 5) is 14.7. The van der Waals surface area contributed by atoms with Crippen molar-refractivity contribution in [2.75, 3.05) is 41.3 Å². The van der Waals surface area contributed by atoms with Crippen LogP contribution in [0, 0.1) is 29.1 Å². The number of nitrogens with one attached hydrogen (secondary N) is 2. The zero-order chi connectivity index (χ0) is 25.0. The van der Waals surface area contributed by atoms with Crippen LogP contribution in [-0.2, 0) is 4.79 Å². The molecule has 5 nitrogen and oxygen atoms in total. The van der Waals surface area contributed by atoms with E-state index in [1.807, 2.05) is 11.8 Å². The number of halogens is 6. The number of hydrogen-bond donors (Lipinski definition) is 2. The molecule has 0 bridgehead atoms. The maximum absolute atomic E-state index is 14.1. The molecule has 0 aromatic heterocycles. The molecule has 0 unspecified atom stereocenters. The average molecular weight is 521 g/mol. The van der Waals surface area contributed by atoms with Gasteiger partial charge in [-0.05, 0) is 36.8 Å². The summed E-state index contributed by atoms with van der Waals surface area (Å²) in [6.07, 6.45) is 2.02. The summed E-state index contributed by atoms with van der Waals surface area (Å²) in [5.74, 6) is -10.0. The molecule has 2 N–H and O–H groups in total. The fourth-order valence-electron chi connectivity index (χ4n) is 3.57. The lowest BCUT2D eigenvalue weighted by Crippen LogP contribution is -2.47.